The molecule has 0 spiro atoms. The molecule has 0 heterocycles. The number of carbonyl (C=O) groups is 1. The van der Waals surface area contributed by atoms with E-state index < -0.39 is 11.7 Å². The van der Waals surface area contributed by atoms with Gasteiger partial charge in [0.25, 0.3) is 5.91 Å². The number of rotatable bonds is 3. The molecule has 2 aromatic rings. The van der Waals surface area contributed by atoms with E-state index in [1.807, 2.05) is 32.0 Å². The van der Waals surface area contributed by atoms with Gasteiger partial charge in [-0.3, -0.25) is 4.79 Å². The van der Waals surface area contributed by atoms with Gasteiger partial charge in [0.05, 0.1) is 15.6 Å². The van der Waals surface area contributed by atoms with Gasteiger partial charge in [-0.25, -0.2) is 4.39 Å². The largest absolute Gasteiger partial charge is 0.321 e. The number of nitrogens with one attached hydrogen (secondary N) is 1. The third kappa shape index (κ3) is 3.36. The zero-order valence-electron chi connectivity index (χ0n) is 11.6. The van der Waals surface area contributed by atoms with Gasteiger partial charge in [-0.05, 0) is 36.6 Å². The predicted octanol–water partition coefficient (Wildman–Crippen LogP) is 5.26. The second-order valence-electron chi connectivity index (χ2n) is 4.66. The molecule has 0 aliphatic carbocycles. The zero-order chi connectivity index (χ0) is 15.6. The highest BCUT2D eigenvalue weighted by Crippen LogP contribution is 2.27. The number of para-hydroxylation sites is 1. The molecule has 110 valence electrons. The molecule has 0 atom stereocenters. The average molecular weight is 326 g/mol. The highest BCUT2D eigenvalue weighted by atomic mass is 35.5. The quantitative estimate of drug-likeness (QED) is 0.766. The van der Waals surface area contributed by atoms with Gasteiger partial charge < -0.3 is 5.32 Å². The van der Waals surface area contributed by atoms with Crippen LogP contribution in [-0.4, -0.2) is 5.91 Å². The van der Waals surface area contributed by atoms with Crippen molar-refractivity contribution in [3.8, 4) is 0 Å². The minimum Gasteiger partial charge on any atom is -0.321 e. The number of benzene rings is 2. The van der Waals surface area contributed by atoms with Crippen LogP contribution >= 0.6 is 23.2 Å². The number of hydrogen-bond acceptors (Lipinski definition) is 1. The molecule has 0 saturated heterocycles. The van der Waals surface area contributed by atoms with Gasteiger partial charge in [0.1, 0.15) is 5.82 Å². The fourth-order valence-electron chi connectivity index (χ4n) is 2.08. The molecule has 21 heavy (non-hydrogen) atoms. The first kappa shape index (κ1) is 15.8. The topological polar surface area (TPSA) is 29.1 Å². The fraction of sp³-hybridized carbons (Fsp3) is 0.188. The Kier molecular flexibility index (Phi) is 4.86. The van der Waals surface area contributed by atoms with Gasteiger partial charge in [0.2, 0.25) is 0 Å². The van der Waals surface area contributed by atoms with E-state index in [0.29, 0.717) is 0 Å². The average Bonchev–Trinajstić information content (AvgIpc) is 2.44. The second-order valence-corrected chi connectivity index (χ2v) is 5.48. The lowest BCUT2D eigenvalue weighted by Gasteiger charge is -2.13. The smallest absolute Gasteiger partial charge is 0.257 e. The molecule has 1 amide bonds. The van der Waals surface area contributed by atoms with Gasteiger partial charge in [0, 0.05) is 5.69 Å². The first-order valence-electron chi connectivity index (χ1n) is 6.48. The molecule has 0 aliphatic heterocycles. The molecule has 5 heteroatoms. The standard InChI is InChI=1S/C16H14Cl2FNO/c1-3-10-6-4-5-9(2)15(10)20-16(21)11-7-14(19)13(18)8-12(11)17/h4-8H,3H2,1-2H3,(H,20,21). The summed E-state index contributed by atoms with van der Waals surface area (Å²) >= 11 is 11.6. The third-order valence-electron chi connectivity index (χ3n) is 3.23. The highest BCUT2D eigenvalue weighted by Gasteiger charge is 2.16. The minimum atomic E-state index is -0.674. The van der Waals surface area contributed by atoms with Crippen molar-refractivity contribution >= 4 is 34.8 Å². The molecule has 0 bridgehead atoms. The van der Waals surface area contributed by atoms with Crippen molar-refractivity contribution in [1.82, 2.24) is 0 Å². The Labute approximate surface area is 132 Å². The molecule has 2 rings (SSSR count). The third-order valence-corrected chi connectivity index (χ3v) is 3.84. The predicted molar refractivity (Wildman–Crippen MR) is 84.9 cm³/mol. The first-order valence-corrected chi connectivity index (χ1v) is 7.24. The van der Waals surface area contributed by atoms with Crippen molar-refractivity contribution in [2.45, 2.75) is 20.3 Å². The number of halogens is 3. The van der Waals surface area contributed by atoms with Crippen LogP contribution in [0, 0.1) is 12.7 Å². The number of carbonyl (C=O) groups excluding carboxylic acids is 1. The zero-order valence-corrected chi connectivity index (χ0v) is 13.1. The molecule has 0 fully saturated rings. The van der Waals surface area contributed by atoms with E-state index in [0.717, 1.165) is 29.3 Å². The Hall–Kier alpha value is -1.58. The maximum Gasteiger partial charge on any atom is 0.257 e. The number of hydrogen-bond donors (Lipinski definition) is 1. The molecule has 1 N–H and O–H groups in total. The number of aryl methyl sites for hydroxylation is 2. The summed E-state index contributed by atoms with van der Waals surface area (Å²) in [5.74, 6) is -1.13. The first-order chi connectivity index (χ1) is 9.93. The van der Waals surface area contributed by atoms with Crippen molar-refractivity contribution in [3.63, 3.8) is 0 Å². The Morgan fingerprint density at radius 2 is 1.95 bits per heavy atom. The number of anilines is 1. The summed E-state index contributed by atoms with van der Waals surface area (Å²) in [6.45, 7) is 3.90. The summed E-state index contributed by atoms with van der Waals surface area (Å²) in [6.07, 6.45) is 0.778. The van der Waals surface area contributed by atoms with E-state index in [-0.39, 0.29) is 15.6 Å². The van der Waals surface area contributed by atoms with E-state index in [9.17, 15) is 9.18 Å². The number of amides is 1. The molecule has 2 nitrogen and oxygen atoms in total. The maximum atomic E-state index is 13.5. The van der Waals surface area contributed by atoms with E-state index in [1.165, 1.54) is 6.07 Å². The highest BCUT2D eigenvalue weighted by molar-refractivity contribution is 6.37. The van der Waals surface area contributed by atoms with Crippen molar-refractivity contribution in [3.05, 3.63) is 62.9 Å². The van der Waals surface area contributed by atoms with Crippen LogP contribution in [0.25, 0.3) is 0 Å². The van der Waals surface area contributed by atoms with Crippen LogP contribution in [-0.2, 0) is 6.42 Å². The van der Waals surface area contributed by atoms with Gasteiger partial charge in [-0.15, -0.1) is 0 Å². The monoisotopic (exact) mass is 325 g/mol. The van der Waals surface area contributed by atoms with Crippen molar-refractivity contribution in [2.75, 3.05) is 5.32 Å². The van der Waals surface area contributed by atoms with Crippen LogP contribution in [0.4, 0.5) is 10.1 Å². The Bertz CT molecular complexity index is 701. The van der Waals surface area contributed by atoms with E-state index in [2.05, 4.69) is 5.32 Å². The van der Waals surface area contributed by atoms with Crippen LogP contribution in [0.3, 0.4) is 0 Å². The lowest BCUT2D eigenvalue weighted by Crippen LogP contribution is -2.15. The molecule has 0 aromatic heterocycles. The molecule has 0 aliphatic rings. The van der Waals surface area contributed by atoms with Gasteiger partial charge in [-0.2, -0.15) is 0 Å². The van der Waals surface area contributed by atoms with Crippen LogP contribution < -0.4 is 5.32 Å². The van der Waals surface area contributed by atoms with E-state index in [1.54, 1.807) is 0 Å². The van der Waals surface area contributed by atoms with Crippen LogP contribution in [0.1, 0.15) is 28.4 Å². The van der Waals surface area contributed by atoms with Crippen LogP contribution in [0.5, 0.6) is 0 Å². The van der Waals surface area contributed by atoms with Crippen LogP contribution in [0.15, 0.2) is 30.3 Å². The molecular weight excluding hydrogens is 312 g/mol. The summed E-state index contributed by atoms with van der Waals surface area (Å²) in [5.41, 5.74) is 2.74. The summed E-state index contributed by atoms with van der Waals surface area (Å²) < 4.78 is 13.5. The van der Waals surface area contributed by atoms with Gasteiger partial charge in [0.15, 0.2) is 0 Å². The molecule has 0 unspecified atom stereocenters. The summed E-state index contributed by atoms with van der Waals surface area (Å²) in [7, 11) is 0. The second kappa shape index (κ2) is 6.46. The lowest BCUT2D eigenvalue weighted by molar-refractivity contribution is 0.102. The van der Waals surface area contributed by atoms with Crippen molar-refractivity contribution in [2.24, 2.45) is 0 Å². The van der Waals surface area contributed by atoms with Crippen LogP contribution in [0.2, 0.25) is 10.0 Å². The Morgan fingerprint density at radius 1 is 1.24 bits per heavy atom. The summed E-state index contributed by atoms with van der Waals surface area (Å²) in [4.78, 5) is 12.3. The molecular formula is C16H14Cl2FNO. The normalized spacial score (nSPS) is 10.5. The SMILES string of the molecule is CCc1cccc(C)c1NC(=O)c1cc(F)c(Cl)cc1Cl. The Balaban J connectivity index is 2.37. The van der Waals surface area contributed by atoms with Crippen molar-refractivity contribution < 1.29 is 9.18 Å². The Morgan fingerprint density at radius 3 is 2.62 bits per heavy atom. The fourth-order valence-corrected chi connectivity index (χ4v) is 2.55. The van der Waals surface area contributed by atoms with Crippen molar-refractivity contribution in [1.29, 1.82) is 0 Å². The lowest BCUT2D eigenvalue weighted by atomic mass is 10.1. The summed E-state index contributed by atoms with van der Waals surface area (Å²) in [6, 6.07) is 8.04. The molecule has 0 saturated carbocycles. The van der Waals surface area contributed by atoms with Gasteiger partial charge >= 0.3 is 0 Å². The maximum absolute atomic E-state index is 13.5. The van der Waals surface area contributed by atoms with Gasteiger partial charge in [-0.1, -0.05) is 48.3 Å². The summed E-state index contributed by atoms with van der Waals surface area (Å²) in [5, 5.41) is 2.81. The molecule has 2 aromatic carbocycles. The minimum absolute atomic E-state index is 0.0591. The molecule has 0 radical (unpaired) electrons. The van der Waals surface area contributed by atoms with E-state index >= 15 is 0 Å². The van der Waals surface area contributed by atoms with E-state index in [4.69, 9.17) is 23.2 Å².